The minimum Gasteiger partial charge on any atom is -0.455 e. The fraction of sp³-hybridized carbons (Fsp3) is 0.257. The maximum Gasteiger partial charge on any atom is 0.144 e. The van der Waals surface area contributed by atoms with E-state index in [1.165, 1.54) is 216 Å². The van der Waals surface area contributed by atoms with Crippen molar-refractivity contribution in [1.29, 1.82) is 0 Å². The third-order valence-electron chi connectivity index (χ3n) is 26.9. The topological polar surface area (TPSA) is 29.5 Å². The van der Waals surface area contributed by atoms with Crippen LogP contribution < -0.4 is 4.90 Å². The van der Waals surface area contributed by atoms with Gasteiger partial charge in [0.05, 0.1) is 5.69 Å². The summed E-state index contributed by atoms with van der Waals surface area (Å²) in [6.45, 7) is 24.3. The molecule has 2 aromatic heterocycles. The highest BCUT2D eigenvalue weighted by Gasteiger charge is 2.50. The number of furan rings is 2. The lowest BCUT2D eigenvalue weighted by atomic mass is 9.70. The molecule has 0 unspecified atom stereocenters. The molecule has 3 nitrogen and oxygen atoms in total. The molecule has 13 aromatic carbocycles. The van der Waals surface area contributed by atoms with Crippen LogP contribution in [-0.2, 0) is 27.1 Å². The summed E-state index contributed by atoms with van der Waals surface area (Å²) >= 11 is 0. The lowest BCUT2D eigenvalue weighted by Gasteiger charge is -2.33. The van der Waals surface area contributed by atoms with Gasteiger partial charge >= 0.3 is 0 Å². The third kappa shape index (κ3) is 9.58. The van der Waals surface area contributed by atoms with E-state index in [1.807, 2.05) is 0 Å². The number of rotatable bonds is 18. The summed E-state index contributed by atoms with van der Waals surface area (Å²) in [7, 11) is 0. The molecule has 5 aliphatic rings. The van der Waals surface area contributed by atoms with Gasteiger partial charge in [0.1, 0.15) is 22.3 Å². The standard InChI is InChI=1S/C105H95NO2/c1-11-13-15-17-32-56-105(57-33-18-16-14-12-2)82-42-28-22-37-71(82)74-52-47-66(59-87(74)105)65-46-51-72-73-53-48-67(60-84(73)101(3,4)83(72)58-65)80-63-88-92(94-78-39-25-30-44-90(78)107-99(80)94)76-54-49-68(61-85(76)102(88,5)6)106(89-43-29-24-36-70(89)64-34-20-19-21-35-64)69-50-55-77-86(62-69)104(9,10)97-93(77)95-79-40-26-31-45-91(79)108-100(95)96-75-38-23-27-41-81(75)103(7,8)98(96)97/h19-31,34-55,58-63H,11-18,32-33,56-57H2,1-10H3. The summed E-state index contributed by atoms with van der Waals surface area (Å²) in [4.78, 5) is 2.55. The zero-order chi connectivity index (χ0) is 73.3. The van der Waals surface area contributed by atoms with Gasteiger partial charge in [-0.25, -0.2) is 0 Å². The molecule has 0 saturated heterocycles. The highest BCUT2D eigenvalue weighted by Crippen LogP contribution is 2.65. The average molecular weight is 1400 g/mol. The van der Waals surface area contributed by atoms with Crippen LogP contribution in [0.5, 0.6) is 0 Å². The van der Waals surface area contributed by atoms with Gasteiger partial charge in [0.25, 0.3) is 0 Å². The molecular weight excluding hydrogens is 1310 g/mol. The second-order valence-corrected chi connectivity index (χ2v) is 34.4. The lowest BCUT2D eigenvalue weighted by Crippen LogP contribution is -2.25. The van der Waals surface area contributed by atoms with Gasteiger partial charge in [-0.15, -0.1) is 0 Å². The first-order valence-corrected chi connectivity index (χ1v) is 40.4. The average Bonchev–Trinajstić information content (AvgIpc) is 1.50. The highest BCUT2D eigenvalue weighted by atomic mass is 16.3. The van der Waals surface area contributed by atoms with Gasteiger partial charge in [-0.2, -0.15) is 0 Å². The largest absolute Gasteiger partial charge is 0.455 e. The van der Waals surface area contributed by atoms with Crippen molar-refractivity contribution in [2.24, 2.45) is 0 Å². The summed E-state index contributed by atoms with van der Waals surface area (Å²) in [5.74, 6) is 0. The molecule has 5 aliphatic carbocycles. The van der Waals surface area contributed by atoms with Crippen LogP contribution in [0.2, 0.25) is 0 Å². The molecule has 20 rings (SSSR count). The number of benzene rings is 13. The zero-order valence-electron chi connectivity index (χ0n) is 64.4. The van der Waals surface area contributed by atoms with Crippen LogP contribution in [0.25, 0.3) is 133 Å². The fourth-order valence-corrected chi connectivity index (χ4v) is 21.5. The van der Waals surface area contributed by atoms with E-state index in [0.29, 0.717) is 0 Å². The van der Waals surface area contributed by atoms with Crippen LogP contribution in [0.4, 0.5) is 17.1 Å². The van der Waals surface area contributed by atoms with E-state index in [-0.39, 0.29) is 21.7 Å². The van der Waals surface area contributed by atoms with Crippen molar-refractivity contribution in [1.82, 2.24) is 0 Å². The normalized spacial score (nSPS) is 15.6. The maximum absolute atomic E-state index is 7.27. The summed E-state index contributed by atoms with van der Waals surface area (Å²) < 4.78 is 14.4. The van der Waals surface area contributed by atoms with Crippen molar-refractivity contribution in [2.45, 2.75) is 173 Å². The fourth-order valence-electron chi connectivity index (χ4n) is 21.5. The SMILES string of the molecule is CCCCCCCC1(CCCCCCC)c2ccccc2-c2ccc(-c3ccc4c(c3)C(C)(C)c3cc(-c5cc6c(c7c5oc5ccccc57)-c5ccc(N(c7ccc8c(c7)C(C)(C)c7c9c(c%10oc%11ccccc%11c%10c7-8)-c7ccccc7C9(C)C)c7ccccc7-c7ccccc7)cc5C6(C)C)ccc3-4)cc21. The minimum absolute atomic E-state index is 0.0272. The van der Waals surface area contributed by atoms with Crippen LogP contribution in [-0.4, -0.2) is 0 Å². The molecule has 0 atom stereocenters. The van der Waals surface area contributed by atoms with Crippen LogP contribution in [0.3, 0.4) is 0 Å². The quantitative estimate of drug-likeness (QED) is 0.0802. The Bertz CT molecular complexity index is 6220. The van der Waals surface area contributed by atoms with E-state index in [9.17, 15) is 0 Å². The zero-order valence-corrected chi connectivity index (χ0v) is 64.4. The first-order valence-electron chi connectivity index (χ1n) is 40.4. The molecular formula is C105H95NO2. The predicted molar refractivity (Wildman–Crippen MR) is 455 cm³/mol. The molecule has 0 fully saturated rings. The Morgan fingerprint density at radius 3 is 1.36 bits per heavy atom. The Kier molecular flexibility index (Phi) is 15.2. The summed E-state index contributed by atoms with van der Waals surface area (Å²) in [5.41, 5.74) is 40.2. The van der Waals surface area contributed by atoms with E-state index in [2.05, 4.69) is 323 Å². The summed E-state index contributed by atoms with van der Waals surface area (Å²) in [6.07, 6.45) is 15.4. The van der Waals surface area contributed by atoms with Crippen LogP contribution in [0.1, 0.15) is 202 Å². The van der Waals surface area contributed by atoms with Gasteiger partial charge in [-0.3, -0.25) is 0 Å². The second kappa shape index (κ2) is 24.6. The Morgan fingerprint density at radius 2 is 0.713 bits per heavy atom. The first kappa shape index (κ1) is 66.7. The van der Waals surface area contributed by atoms with Crippen molar-refractivity contribution in [2.75, 3.05) is 4.90 Å². The smallest absolute Gasteiger partial charge is 0.144 e. The molecule has 108 heavy (non-hydrogen) atoms. The van der Waals surface area contributed by atoms with Crippen molar-refractivity contribution in [3.8, 4) is 89.0 Å². The molecule has 2 heterocycles. The van der Waals surface area contributed by atoms with Crippen molar-refractivity contribution >= 4 is 60.9 Å². The molecule has 0 spiro atoms. The number of nitrogens with zero attached hydrogens (tertiary/aromatic N) is 1. The lowest BCUT2D eigenvalue weighted by molar-refractivity contribution is 0.399. The molecule has 3 heteroatoms. The molecule has 0 bridgehead atoms. The Hall–Kier alpha value is -10.7. The number of unbranched alkanes of at least 4 members (excludes halogenated alkanes) is 8. The van der Waals surface area contributed by atoms with Gasteiger partial charge in [0.15, 0.2) is 0 Å². The number of anilines is 3. The predicted octanol–water partition coefficient (Wildman–Crippen LogP) is 30.2. The van der Waals surface area contributed by atoms with Crippen LogP contribution in [0.15, 0.2) is 258 Å². The minimum atomic E-state index is -0.413. The first-order chi connectivity index (χ1) is 52.5. The van der Waals surface area contributed by atoms with E-state index in [0.717, 1.165) is 55.7 Å². The van der Waals surface area contributed by atoms with Gasteiger partial charge in [-0.05, 0) is 208 Å². The van der Waals surface area contributed by atoms with Crippen molar-refractivity contribution in [3.63, 3.8) is 0 Å². The van der Waals surface area contributed by atoms with Gasteiger partial charge in [-0.1, -0.05) is 315 Å². The Labute approximate surface area is 637 Å². The molecule has 532 valence electrons. The molecule has 0 saturated carbocycles. The van der Waals surface area contributed by atoms with Crippen LogP contribution in [0, 0.1) is 0 Å². The van der Waals surface area contributed by atoms with E-state index in [1.54, 1.807) is 11.1 Å². The van der Waals surface area contributed by atoms with E-state index >= 15 is 0 Å². The maximum atomic E-state index is 7.27. The molecule has 0 amide bonds. The number of fused-ring (bicyclic) bond motifs is 25. The molecule has 0 N–H and O–H groups in total. The second-order valence-electron chi connectivity index (χ2n) is 34.4. The highest BCUT2D eigenvalue weighted by molar-refractivity contribution is 6.22. The summed E-state index contributed by atoms with van der Waals surface area (Å²) in [5, 5.41) is 4.70. The Morgan fingerprint density at radius 1 is 0.278 bits per heavy atom. The molecule has 0 radical (unpaired) electrons. The third-order valence-corrected chi connectivity index (χ3v) is 26.9. The van der Waals surface area contributed by atoms with Crippen molar-refractivity contribution < 1.29 is 8.83 Å². The van der Waals surface area contributed by atoms with E-state index < -0.39 is 5.41 Å². The van der Waals surface area contributed by atoms with Crippen molar-refractivity contribution in [3.05, 3.63) is 304 Å². The number of hydrogen-bond donors (Lipinski definition) is 0. The van der Waals surface area contributed by atoms with Gasteiger partial charge in [0.2, 0.25) is 0 Å². The van der Waals surface area contributed by atoms with Gasteiger partial charge < -0.3 is 13.7 Å². The Balaban J connectivity index is 0.696. The van der Waals surface area contributed by atoms with E-state index in [4.69, 9.17) is 8.83 Å². The summed E-state index contributed by atoms with van der Waals surface area (Å²) in [6, 6.07) is 95.4. The monoisotopic (exact) mass is 1400 g/mol. The number of hydrogen-bond acceptors (Lipinski definition) is 3. The molecule has 15 aromatic rings. The molecule has 0 aliphatic heterocycles. The number of para-hydroxylation sites is 3. The van der Waals surface area contributed by atoms with Gasteiger partial charge in [0, 0.05) is 76.7 Å². The van der Waals surface area contributed by atoms with Crippen LogP contribution >= 0.6 is 0 Å².